The summed E-state index contributed by atoms with van der Waals surface area (Å²) in [5.74, 6) is -0.594. The first-order valence-electron chi connectivity index (χ1n) is 6.64. The highest BCUT2D eigenvalue weighted by molar-refractivity contribution is 7.15. The zero-order valence-electron chi connectivity index (χ0n) is 12.1. The Morgan fingerprint density at radius 3 is 2.96 bits per heavy atom. The molecule has 0 amide bonds. The van der Waals surface area contributed by atoms with Gasteiger partial charge in [-0.05, 0) is 25.1 Å². The second-order valence-corrected chi connectivity index (χ2v) is 6.16. The van der Waals surface area contributed by atoms with Gasteiger partial charge in [0.2, 0.25) is 0 Å². The summed E-state index contributed by atoms with van der Waals surface area (Å²) in [6.45, 7) is 1.72. The molecule has 8 heteroatoms. The van der Waals surface area contributed by atoms with E-state index in [1.54, 1.807) is 6.07 Å². The quantitative estimate of drug-likeness (QED) is 0.580. The van der Waals surface area contributed by atoms with Gasteiger partial charge in [0.05, 0.1) is 11.3 Å². The molecule has 0 aliphatic rings. The third-order valence-corrected chi connectivity index (χ3v) is 4.39. The van der Waals surface area contributed by atoms with E-state index >= 15 is 0 Å². The van der Waals surface area contributed by atoms with Crippen molar-refractivity contribution in [1.82, 2.24) is 9.38 Å². The molecule has 0 atom stereocenters. The smallest absolute Gasteiger partial charge is 0.340 e. The maximum Gasteiger partial charge on any atom is 0.340 e. The second-order valence-electron chi connectivity index (χ2n) is 4.89. The number of hydrogen-bond donors (Lipinski definition) is 1. The zero-order chi connectivity index (χ0) is 16.6. The maximum atomic E-state index is 12.0. The fraction of sp³-hybridized carbons (Fsp3) is 0.133. The van der Waals surface area contributed by atoms with Crippen LogP contribution in [0.4, 0.5) is 5.69 Å². The summed E-state index contributed by atoms with van der Waals surface area (Å²) in [5.41, 5.74) is 7.20. The monoisotopic (exact) mass is 349 g/mol. The van der Waals surface area contributed by atoms with Gasteiger partial charge in [0.1, 0.15) is 6.61 Å². The lowest BCUT2D eigenvalue weighted by Gasteiger charge is -2.07. The van der Waals surface area contributed by atoms with Crippen molar-refractivity contribution in [2.45, 2.75) is 13.5 Å². The number of fused-ring (bicyclic) bond motifs is 1. The van der Waals surface area contributed by atoms with Crippen molar-refractivity contribution in [3.8, 4) is 0 Å². The number of anilines is 1. The van der Waals surface area contributed by atoms with E-state index in [-0.39, 0.29) is 23.4 Å². The van der Waals surface area contributed by atoms with Crippen LogP contribution < -0.4 is 11.3 Å². The van der Waals surface area contributed by atoms with Gasteiger partial charge in [0.25, 0.3) is 5.56 Å². The van der Waals surface area contributed by atoms with Crippen LogP contribution in [0.15, 0.2) is 34.4 Å². The summed E-state index contributed by atoms with van der Waals surface area (Å²) in [6, 6.07) is 5.88. The van der Waals surface area contributed by atoms with Crippen molar-refractivity contribution in [2.75, 3.05) is 5.73 Å². The average Bonchev–Trinajstić information content (AvgIpc) is 2.86. The summed E-state index contributed by atoms with van der Waals surface area (Å²) in [6.07, 6.45) is 0. The van der Waals surface area contributed by atoms with E-state index in [1.807, 2.05) is 12.3 Å². The van der Waals surface area contributed by atoms with Crippen LogP contribution in [-0.2, 0) is 11.3 Å². The number of nitrogens with two attached hydrogens (primary N) is 1. The lowest BCUT2D eigenvalue weighted by atomic mass is 10.2. The van der Waals surface area contributed by atoms with Crippen molar-refractivity contribution in [3.05, 3.63) is 62.0 Å². The van der Waals surface area contributed by atoms with Crippen molar-refractivity contribution in [2.24, 2.45) is 0 Å². The first-order valence-corrected chi connectivity index (χ1v) is 7.90. The van der Waals surface area contributed by atoms with Gasteiger partial charge in [0, 0.05) is 27.9 Å². The van der Waals surface area contributed by atoms with Gasteiger partial charge in [0.15, 0.2) is 4.96 Å². The number of ether oxygens (including phenoxy) is 1. The molecule has 0 saturated carbocycles. The molecule has 0 spiro atoms. The Kier molecular flexibility index (Phi) is 4.06. The number of aryl methyl sites for hydroxylation is 1. The van der Waals surface area contributed by atoms with Crippen LogP contribution in [0, 0.1) is 6.92 Å². The molecule has 118 valence electrons. The highest BCUT2D eigenvalue weighted by atomic mass is 35.5. The number of benzene rings is 1. The molecule has 0 aliphatic carbocycles. The summed E-state index contributed by atoms with van der Waals surface area (Å²) in [5, 5.41) is 2.28. The molecule has 1 aromatic carbocycles. The van der Waals surface area contributed by atoms with Gasteiger partial charge in [-0.2, -0.15) is 0 Å². The number of rotatable bonds is 3. The SMILES string of the molecule is Cc1csc2nc(COC(=O)c3ccc(Cl)cc3N)cc(=O)n12. The number of carbonyl (C=O) groups excluding carboxylic acids is 1. The number of aromatic nitrogens is 2. The van der Waals surface area contributed by atoms with Crippen molar-refractivity contribution >= 4 is 39.6 Å². The average molecular weight is 350 g/mol. The number of nitrogen functional groups attached to an aromatic ring is 1. The number of nitrogens with zero attached hydrogens (tertiary/aromatic N) is 2. The summed E-state index contributed by atoms with van der Waals surface area (Å²) in [4.78, 5) is 29.0. The summed E-state index contributed by atoms with van der Waals surface area (Å²) < 4.78 is 6.68. The molecule has 2 N–H and O–H groups in total. The van der Waals surface area contributed by atoms with Gasteiger partial charge in [-0.15, -0.1) is 11.3 Å². The molecule has 0 unspecified atom stereocenters. The molecular formula is C15H12ClN3O3S. The fourth-order valence-corrected chi connectivity index (χ4v) is 3.18. The van der Waals surface area contributed by atoms with Gasteiger partial charge in [-0.25, -0.2) is 9.78 Å². The van der Waals surface area contributed by atoms with Crippen LogP contribution in [0.5, 0.6) is 0 Å². The third-order valence-electron chi connectivity index (χ3n) is 3.21. The fourth-order valence-electron chi connectivity index (χ4n) is 2.11. The van der Waals surface area contributed by atoms with Crippen LogP contribution in [-0.4, -0.2) is 15.4 Å². The van der Waals surface area contributed by atoms with Gasteiger partial charge >= 0.3 is 5.97 Å². The molecule has 2 aromatic heterocycles. The van der Waals surface area contributed by atoms with E-state index in [2.05, 4.69) is 4.98 Å². The Hall–Kier alpha value is -2.38. The highest BCUT2D eigenvalue weighted by Gasteiger charge is 2.13. The number of thiazole rings is 1. The number of hydrogen-bond acceptors (Lipinski definition) is 6. The molecule has 0 fully saturated rings. The van der Waals surface area contributed by atoms with Crippen molar-refractivity contribution in [1.29, 1.82) is 0 Å². The first-order chi connectivity index (χ1) is 11.0. The van der Waals surface area contributed by atoms with Crippen LogP contribution in [0.1, 0.15) is 21.7 Å². The lowest BCUT2D eigenvalue weighted by Crippen LogP contribution is -2.16. The van der Waals surface area contributed by atoms with Gasteiger partial charge < -0.3 is 10.5 Å². The van der Waals surface area contributed by atoms with E-state index < -0.39 is 5.97 Å². The molecule has 0 saturated heterocycles. The van der Waals surface area contributed by atoms with Crippen LogP contribution in [0.2, 0.25) is 5.02 Å². The predicted octanol–water partition coefficient (Wildman–Crippen LogP) is 2.66. The Morgan fingerprint density at radius 2 is 2.22 bits per heavy atom. The molecule has 2 heterocycles. The van der Waals surface area contributed by atoms with Crippen LogP contribution in [0.3, 0.4) is 0 Å². The minimum absolute atomic E-state index is 0.108. The minimum atomic E-state index is -0.594. The van der Waals surface area contributed by atoms with E-state index in [0.29, 0.717) is 15.7 Å². The molecule has 23 heavy (non-hydrogen) atoms. The first kappa shape index (κ1) is 15.5. The molecule has 3 aromatic rings. The Morgan fingerprint density at radius 1 is 1.43 bits per heavy atom. The second kappa shape index (κ2) is 6.02. The van der Waals surface area contributed by atoms with E-state index in [1.165, 1.54) is 33.9 Å². The van der Waals surface area contributed by atoms with Crippen molar-refractivity contribution < 1.29 is 9.53 Å². The minimum Gasteiger partial charge on any atom is -0.456 e. The highest BCUT2D eigenvalue weighted by Crippen LogP contribution is 2.19. The maximum absolute atomic E-state index is 12.0. The lowest BCUT2D eigenvalue weighted by molar-refractivity contribution is 0.0469. The topological polar surface area (TPSA) is 86.7 Å². The van der Waals surface area contributed by atoms with E-state index in [0.717, 1.165) is 5.69 Å². The molecule has 6 nitrogen and oxygen atoms in total. The van der Waals surface area contributed by atoms with Crippen molar-refractivity contribution in [3.63, 3.8) is 0 Å². The van der Waals surface area contributed by atoms with E-state index in [9.17, 15) is 9.59 Å². The zero-order valence-corrected chi connectivity index (χ0v) is 13.6. The normalized spacial score (nSPS) is 10.9. The van der Waals surface area contributed by atoms with Gasteiger partial charge in [-0.3, -0.25) is 9.20 Å². The largest absolute Gasteiger partial charge is 0.456 e. The van der Waals surface area contributed by atoms with Gasteiger partial charge in [-0.1, -0.05) is 11.6 Å². The molecule has 0 radical (unpaired) electrons. The Balaban J connectivity index is 1.80. The Bertz CT molecular complexity index is 964. The third kappa shape index (κ3) is 3.06. The molecule has 0 aliphatic heterocycles. The number of carbonyl (C=O) groups is 1. The predicted molar refractivity (Wildman–Crippen MR) is 89.1 cm³/mol. The molecule has 3 rings (SSSR count). The van der Waals surface area contributed by atoms with E-state index in [4.69, 9.17) is 22.1 Å². The van der Waals surface area contributed by atoms with Crippen LogP contribution >= 0.6 is 22.9 Å². The Labute approximate surface area is 140 Å². The molecular weight excluding hydrogens is 338 g/mol. The number of halogens is 1. The standard InChI is InChI=1S/C15H12ClN3O3S/c1-8-7-23-15-18-10(5-13(20)19(8)15)6-22-14(21)11-3-2-9(16)4-12(11)17/h2-5,7H,6,17H2,1H3. The summed E-state index contributed by atoms with van der Waals surface area (Å²) in [7, 11) is 0. The number of esters is 1. The van der Waals surface area contributed by atoms with Crippen LogP contribution in [0.25, 0.3) is 4.96 Å². The molecule has 0 bridgehead atoms. The summed E-state index contributed by atoms with van der Waals surface area (Å²) >= 11 is 7.15.